The van der Waals surface area contributed by atoms with Gasteiger partial charge in [0.15, 0.2) is 0 Å². The van der Waals surface area contributed by atoms with Gasteiger partial charge in [-0.25, -0.2) is 8.78 Å². The van der Waals surface area contributed by atoms with Gasteiger partial charge in [-0.3, -0.25) is 0 Å². The number of benzene rings is 2. The fraction of sp³-hybridized carbons (Fsp3) is 0.200. The van der Waals surface area contributed by atoms with Crippen molar-refractivity contribution in [1.82, 2.24) is 0 Å². The molecule has 0 spiro atoms. The van der Waals surface area contributed by atoms with E-state index in [2.05, 4.69) is 0 Å². The van der Waals surface area contributed by atoms with Gasteiger partial charge in [-0.15, -0.1) is 11.8 Å². The van der Waals surface area contributed by atoms with E-state index in [0.29, 0.717) is 11.5 Å². The highest BCUT2D eigenvalue weighted by molar-refractivity contribution is 7.99. The number of halogens is 2. The van der Waals surface area contributed by atoms with Crippen LogP contribution in [0.4, 0.5) is 8.78 Å². The number of aliphatic hydroxyl groups is 1. The van der Waals surface area contributed by atoms with Gasteiger partial charge in [0.1, 0.15) is 29.6 Å². The Morgan fingerprint density at radius 2 is 2.00 bits per heavy atom. The lowest BCUT2D eigenvalue weighted by Crippen LogP contribution is -2.31. The Morgan fingerprint density at radius 3 is 2.85 bits per heavy atom. The summed E-state index contributed by atoms with van der Waals surface area (Å²) in [5, 5.41) is 10.2. The van der Waals surface area contributed by atoms with Crippen molar-refractivity contribution in [2.24, 2.45) is 0 Å². The van der Waals surface area contributed by atoms with E-state index in [4.69, 9.17) is 4.74 Å². The Balaban J connectivity index is 1.85. The van der Waals surface area contributed by atoms with E-state index in [-0.39, 0.29) is 5.56 Å². The molecule has 0 amide bonds. The average Bonchev–Trinajstić information content (AvgIpc) is 2.48. The van der Waals surface area contributed by atoms with Gasteiger partial charge < -0.3 is 9.84 Å². The Bertz CT molecular complexity index is 633. The number of thioether (sulfide) groups is 1. The summed E-state index contributed by atoms with van der Waals surface area (Å²) in [5.74, 6) is -0.0750. The first kappa shape index (κ1) is 13.4. The third kappa shape index (κ3) is 2.51. The fourth-order valence-corrected chi connectivity index (χ4v) is 3.16. The van der Waals surface area contributed by atoms with E-state index >= 15 is 0 Å². The van der Waals surface area contributed by atoms with Crippen molar-refractivity contribution >= 4 is 11.8 Å². The molecular weight excluding hydrogens is 282 g/mol. The molecule has 1 aliphatic heterocycles. The molecule has 0 bridgehead atoms. The van der Waals surface area contributed by atoms with Crippen LogP contribution < -0.4 is 4.74 Å². The second-order valence-electron chi connectivity index (χ2n) is 4.52. The molecule has 2 nitrogen and oxygen atoms in total. The quantitative estimate of drug-likeness (QED) is 0.918. The van der Waals surface area contributed by atoms with E-state index < -0.39 is 23.8 Å². The van der Waals surface area contributed by atoms with Crippen LogP contribution in [-0.4, -0.2) is 17.0 Å². The minimum atomic E-state index is -1.20. The zero-order valence-electron chi connectivity index (χ0n) is 10.4. The van der Waals surface area contributed by atoms with E-state index in [0.717, 1.165) is 23.1 Å². The molecule has 3 rings (SSSR count). The molecule has 0 aliphatic carbocycles. The maximum Gasteiger partial charge on any atom is 0.138 e. The van der Waals surface area contributed by atoms with Gasteiger partial charge >= 0.3 is 0 Å². The number of ether oxygens (including phenoxy) is 1. The highest BCUT2D eigenvalue weighted by atomic mass is 32.2. The molecule has 2 atom stereocenters. The van der Waals surface area contributed by atoms with Crippen LogP contribution in [0.5, 0.6) is 5.75 Å². The number of fused-ring (bicyclic) bond motifs is 1. The van der Waals surface area contributed by atoms with Crippen LogP contribution in [0.3, 0.4) is 0 Å². The highest BCUT2D eigenvalue weighted by Gasteiger charge is 2.29. The molecule has 20 heavy (non-hydrogen) atoms. The van der Waals surface area contributed by atoms with Crippen molar-refractivity contribution in [1.29, 1.82) is 0 Å². The molecule has 2 unspecified atom stereocenters. The molecule has 104 valence electrons. The second kappa shape index (κ2) is 5.42. The molecule has 1 N–H and O–H groups in total. The van der Waals surface area contributed by atoms with Crippen molar-refractivity contribution in [3.63, 3.8) is 0 Å². The van der Waals surface area contributed by atoms with Gasteiger partial charge in [0.2, 0.25) is 0 Å². The van der Waals surface area contributed by atoms with Crippen LogP contribution in [-0.2, 0) is 0 Å². The van der Waals surface area contributed by atoms with Crippen molar-refractivity contribution in [3.05, 3.63) is 59.7 Å². The number of para-hydroxylation sites is 1. The van der Waals surface area contributed by atoms with Crippen molar-refractivity contribution in [2.45, 2.75) is 17.1 Å². The predicted molar refractivity (Wildman–Crippen MR) is 72.9 cm³/mol. The first-order chi connectivity index (χ1) is 9.65. The SMILES string of the molecule is OC(c1cc(F)ccc1F)C1CSc2ccccc2O1. The minimum absolute atomic E-state index is 0.0741. The summed E-state index contributed by atoms with van der Waals surface area (Å²) in [4.78, 5) is 0.982. The molecule has 0 saturated heterocycles. The Hall–Kier alpha value is -1.59. The molecule has 0 aromatic heterocycles. The van der Waals surface area contributed by atoms with Crippen LogP contribution in [0.1, 0.15) is 11.7 Å². The van der Waals surface area contributed by atoms with Crippen molar-refractivity contribution < 1.29 is 18.6 Å². The van der Waals surface area contributed by atoms with Crippen molar-refractivity contribution in [2.75, 3.05) is 5.75 Å². The summed E-state index contributed by atoms with van der Waals surface area (Å²) < 4.78 is 32.6. The Morgan fingerprint density at radius 1 is 1.20 bits per heavy atom. The Kier molecular flexibility index (Phi) is 3.63. The highest BCUT2D eigenvalue weighted by Crippen LogP contribution is 2.38. The van der Waals surface area contributed by atoms with Gasteiger partial charge in [0, 0.05) is 16.2 Å². The molecule has 2 aromatic rings. The lowest BCUT2D eigenvalue weighted by Gasteiger charge is -2.29. The molecule has 1 aliphatic rings. The summed E-state index contributed by atoms with van der Waals surface area (Å²) in [5.41, 5.74) is -0.0741. The number of hydrogen-bond donors (Lipinski definition) is 1. The number of aliphatic hydroxyl groups excluding tert-OH is 1. The second-order valence-corrected chi connectivity index (χ2v) is 5.59. The minimum Gasteiger partial charge on any atom is -0.485 e. The molecule has 2 aromatic carbocycles. The van der Waals surface area contributed by atoms with E-state index in [1.54, 1.807) is 6.07 Å². The van der Waals surface area contributed by atoms with Gasteiger partial charge in [0.25, 0.3) is 0 Å². The zero-order valence-corrected chi connectivity index (χ0v) is 11.2. The summed E-state index contributed by atoms with van der Waals surface area (Å²) in [7, 11) is 0. The molecule has 0 saturated carbocycles. The van der Waals surface area contributed by atoms with E-state index in [1.165, 1.54) is 11.8 Å². The third-order valence-electron chi connectivity index (χ3n) is 3.16. The molecule has 0 radical (unpaired) electrons. The maximum absolute atomic E-state index is 13.7. The lowest BCUT2D eigenvalue weighted by atomic mass is 10.0. The monoisotopic (exact) mass is 294 g/mol. The molecular formula is C15H12F2O2S. The summed E-state index contributed by atoms with van der Waals surface area (Å²) >= 11 is 1.53. The summed E-state index contributed by atoms with van der Waals surface area (Å²) in [6.45, 7) is 0. The Labute approximate surface area is 119 Å². The van der Waals surface area contributed by atoms with Gasteiger partial charge in [-0.2, -0.15) is 0 Å². The normalized spacial score (nSPS) is 19.1. The maximum atomic E-state index is 13.7. The van der Waals surface area contributed by atoms with E-state index in [9.17, 15) is 13.9 Å². The first-order valence-corrected chi connectivity index (χ1v) is 7.15. The average molecular weight is 294 g/mol. The smallest absolute Gasteiger partial charge is 0.138 e. The van der Waals surface area contributed by atoms with Crippen molar-refractivity contribution in [3.8, 4) is 5.75 Å². The van der Waals surface area contributed by atoms with Crippen LogP contribution in [0.15, 0.2) is 47.4 Å². The number of hydrogen-bond acceptors (Lipinski definition) is 3. The number of rotatable bonds is 2. The molecule has 5 heteroatoms. The fourth-order valence-electron chi connectivity index (χ4n) is 2.13. The van der Waals surface area contributed by atoms with Crippen LogP contribution in [0.25, 0.3) is 0 Å². The largest absolute Gasteiger partial charge is 0.485 e. The summed E-state index contributed by atoms with van der Waals surface area (Å²) in [6.07, 6.45) is -1.81. The third-order valence-corrected chi connectivity index (χ3v) is 4.30. The molecule has 0 fully saturated rings. The summed E-state index contributed by atoms with van der Waals surface area (Å²) in [6, 6.07) is 10.5. The van der Waals surface area contributed by atoms with E-state index in [1.807, 2.05) is 18.2 Å². The topological polar surface area (TPSA) is 29.5 Å². The van der Waals surface area contributed by atoms with Gasteiger partial charge in [-0.05, 0) is 30.3 Å². The standard InChI is InChI=1S/C15H12F2O2S/c16-9-5-6-11(17)10(7-9)15(18)13-8-20-14-4-2-1-3-12(14)19-13/h1-7,13,15,18H,8H2. The zero-order chi connectivity index (χ0) is 14.1. The predicted octanol–water partition coefficient (Wildman–Crippen LogP) is 3.55. The molecule has 1 heterocycles. The van der Waals surface area contributed by atoms with Gasteiger partial charge in [-0.1, -0.05) is 12.1 Å². The van der Waals surface area contributed by atoms with Crippen LogP contribution in [0, 0.1) is 11.6 Å². The lowest BCUT2D eigenvalue weighted by molar-refractivity contribution is 0.0431. The first-order valence-electron chi connectivity index (χ1n) is 6.16. The van der Waals surface area contributed by atoms with Crippen LogP contribution in [0.2, 0.25) is 0 Å². The van der Waals surface area contributed by atoms with Crippen LogP contribution >= 0.6 is 11.8 Å². The van der Waals surface area contributed by atoms with Gasteiger partial charge in [0.05, 0.1) is 0 Å².